The van der Waals surface area contributed by atoms with Crippen molar-refractivity contribution in [2.45, 2.75) is 31.8 Å². The molecule has 1 aliphatic rings. The molecule has 1 aromatic rings. The first kappa shape index (κ1) is 13.4. The molecule has 0 aromatic heterocycles. The number of likely N-dealkylation sites (N-methyl/N-ethyl adjacent to an activating group) is 1. The summed E-state index contributed by atoms with van der Waals surface area (Å²) in [5.74, 6) is 0. The van der Waals surface area contributed by atoms with Crippen molar-refractivity contribution in [3.05, 3.63) is 29.8 Å². The van der Waals surface area contributed by atoms with E-state index in [2.05, 4.69) is 55.1 Å². The van der Waals surface area contributed by atoms with E-state index >= 15 is 0 Å². The quantitative estimate of drug-likeness (QED) is 0.885. The summed E-state index contributed by atoms with van der Waals surface area (Å²) in [7, 11) is 4.33. The minimum Gasteiger partial charge on any atom is -0.370 e. The van der Waals surface area contributed by atoms with Crippen LogP contribution in [0.5, 0.6) is 0 Å². The van der Waals surface area contributed by atoms with E-state index in [0.29, 0.717) is 6.04 Å². The number of benzene rings is 1. The molecule has 1 fully saturated rings. The van der Waals surface area contributed by atoms with Crippen LogP contribution < -0.4 is 10.6 Å². The highest BCUT2D eigenvalue weighted by molar-refractivity contribution is 5.49. The van der Waals surface area contributed by atoms with Gasteiger partial charge < -0.3 is 15.5 Å². The van der Waals surface area contributed by atoms with E-state index < -0.39 is 0 Å². The van der Waals surface area contributed by atoms with Gasteiger partial charge >= 0.3 is 0 Å². The van der Waals surface area contributed by atoms with Crippen molar-refractivity contribution in [3.8, 4) is 0 Å². The lowest BCUT2D eigenvalue weighted by Crippen LogP contribution is -2.31. The standard InChI is InChI=1S/C15H25N3/c1-4-15(16)12-5-7-13(8-6-12)18-10-9-14(11-18)17(2)3/h5-8,14-15H,4,9-11,16H2,1-3H3/t14?,15-/m1/s1. The van der Waals surface area contributed by atoms with E-state index in [1.54, 1.807) is 0 Å². The third kappa shape index (κ3) is 2.85. The van der Waals surface area contributed by atoms with Crippen molar-refractivity contribution < 1.29 is 0 Å². The average molecular weight is 247 g/mol. The molecular weight excluding hydrogens is 222 g/mol. The Morgan fingerprint density at radius 2 is 2.00 bits per heavy atom. The topological polar surface area (TPSA) is 32.5 Å². The fraction of sp³-hybridized carbons (Fsp3) is 0.600. The lowest BCUT2D eigenvalue weighted by atomic mass is 10.1. The summed E-state index contributed by atoms with van der Waals surface area (Å²) in [5, 5.41) is 0. The summed E-state index contributed by atoms with van der Waals surface area (Å²) in [6.07, 6.45) is 2.25. The maximum Gasteiger partial charge on any atom is 0.0366 e. The number of nitrogens with zero attached hydrogens (tertiary/aromatic N) is 2. The smallest absolute Gasteiger partial charge is 0.0366 e. The van der Waals surface area contributed by atoms with E-state index in [1.165, 1.54) is 17.7 Å². The van der Waals surface area contributed by atoms with Crippen LogP contribution in [0, 0.1) is 0 Å². The summed E-state index contributed by atoms with van der Waals surface area (Å²) >= 11 is 0. The Balaban J connectivity index is 2.02. The Hall–Kier alpha value is -1.06. The summed E-state index contributed by atoms with van der Waals surface area (Å²) in [6, 6.07) is 9.62. The van der Waals surface area contributed by atoms with Crippen molar-refractivity contribution in [2.75, 3.05) is 32.1 Å². The van der Waals surface area contributed by atoms with Gasteiger partial charge in [0.2, 0.25) is 0 Å². The van der Waals surface area contributed by atoms with E-state index in [0.717, 1.165) is 19.5 Å². The van der Waals surface area contributed by atoms with Crippen LogP contribution in [-0.4, -0.2) is 38.1 Å². The Kier molecular flexibility index (Phi) is 4.25. The van der Waals surface area contributed by atoms with Gasteiger partial charge in [-0.2, -0.15) is 0 Å². The van der Waals surface area contributed by atoms with Gasteiger partial charge in [-0.25, -0.2) is 0 Å². The molecule has 18 heavy (non-hydrogen) atoms. The monoisotopic (exact) mass is 247 g/mol. The molecule has 3 nitrogen and oxygen atoms in total. The predicted molar refractivity (Wildman–Crippen MR) is 78.0 cm³/mol. The van der Waals surface area contributed by atoms with E-state index in [1.807, 2.05) is 0 Å². The molecule has 0 bridgehead atoms. The van der Waals surface area contributed by atoms with E-state index in [4.69, 9.17) is 5.73 Å². The minimum absolute atomic E-state index is 0.173. The van der Waals surface area contributed by atoms with Crippen LogP contribution in [0.4, 0.5) is 5.69 Å². The molecule has 3 heteroatoms. The lowest BCUT2D eigenvalue weighted by molar-refractivity contribution is 0.315. The predicted octanol–water partition coefficient (Wildman–Crippen LogP) is 2.24. The molecule has 1 heterocycles. The van der Waals surface area contributed by atoms with Crippen LogP contribution >= 0.6 is 0 Å². The second-order valence-electron chi connectivity index (χ2n) is 5.46. The highest BCUT2D eigenvalue weighted by atomic mass is 15.2. The van der Waals surface area contributed by atoms with E-state index in [9.17, 15) is 0 Å². The van der Waals surface area contributed by atoms with Gasteiger partial charge in [-0.05, 0) is 44.6 Å². The summed E-state index contributed by atoms with van der Waals surface area (Å²) in [5.41, 5.74) is 8.61. The number of anilines is 1. The molecule has 100 valence electrons. The van der Waals surface area contributed by atoms with Gasteiger partial charge in [0.25, 0.3) is 0 Å². The van der Waals surface area contributed by atoms with Gasteiger partial charge in [0, 0.05) is 30.9 Å². The highest BCUT2D eigenvalue weighted by Gasteiger charge is 2.23. The normalized spacial score (nSPS) is 21.6. The second-order valence-corrected chi connectivity index (χ2v) is 5.46. The van der Waals surface area contributed by atoms with Crippen LogP contribution in [0.3, 0.4) is 0 Å². The third-order valence-electron chi connectivity index (χ3n) is 4.02. The van der Waals surface area contributed by atoms with Crippen molar-refractivity contribution in [2.24, 2.45) is 5.73 Å². The van der Waals surface area contributed by atoms with Gasteiger partial charge in [0.1, 0.15) is 0 Å². The lowest BCUT2D eigenvalue weighted by Gasteiger charge is -2.22. The molecule has 0 radical (unpaired) electrons. The Bertz CT molecular complexity index is 372. The van der Waals surface area contributed by atoms with E-state index in [-0.39, 0.29) is 6.04 Å². The second kappa shape index (κ2) is 5.72. The van der Waals surface area contributed by atoms with Crippen LogP contribution in [0.1, 0.15) is 31.4 Å². The molecule has 0 spiro atoms. The Morgan fingerprint density at radius 3 is 2.50 bits per heavy atom. The molecule has 2 rings (SSSR count). The Labute approximate surface area is 111 Å². The van der Waals surface area contributed by atoms with Crippen molar-refractivity contribution >= 4 is 5.69 Å². The number of hydrogen-bond donors (Lipinski definition) is 1. The molecular formula is C15H25N3. The van der Waals surface area contributed by atoms with Crippen LogP contribution in [0.15, 0.2) is 24.3 Å². The van der Waals surface area contributed by atoms with Gasteiger partial charge in [-0.15, -0.1) is 0 Å². The van der Waals surface area contributed by atoms with Gasteiger partial charge in [0.15, 0.2) is 0 Å². The zero-order valence-corrected chi connectivity index (χ0v) is 11.8. The minimum atomic E-state index is 0.173. The van der Waals surface area contributed by atoms with Crippen LogP contribution in [0.2, 0.25) is 0 Å². The first-order valence-electron chi connectivity index (χ1n) is 6.88. The largest absolute Gasteiger partial charge is 0.370 e. The fourth-order valence-corrected chi connectivity index (χ4v) is 2.57. The molecule has 2 N–H and O–H groups in total. The molecule has 1 aromatic carbocycles. The van der Waals surface area contributed by atoms with Gasteiger partial charge in [-0.1, -0.05) is 19.1 Å². The van der Waals surface area contributed by atoms with Crippen molar-refractivity contribution in [3.63, 3.8) is 0 Å². The molecule has 2 atom stereocenters. The molecule has 0 aliphatic carbocycles. The maximum absolute atomic E-state index is 6.04. The highest BCUT2D eigenvalue weighted by Crippen LogP contribution is 2.24. The molecule has 1 aliphatic heterocycles. The average Bonchev–Trinajstić information content (AvgIpc) is 2.88. The summed E-state index contributed by atoms with van der Waals surface area (Å²) in [6.45, 7) is 4.41. The molecule has 0 amide bonds. The first-order valence-corrected chi connectivity index (χ1v) is 6.88. The van der Waals surface area contributed by atoms with Gasteiger partial charge in [0.05, 0.1) is 0 Å². The van der Waals surface area contributed by atoms with Crippen molar-refractivity contribution in [1.29, 1.82) is 0 Å². The molecule has 0 saturated carbocycles. The number of rotatable bonds is 4. The zero-order valence-electron chi connectivity index (χ0n) is 11.8. The van der Waals surface area contributed by atoms with Crippen molar-refractivity contribution in [1.82, 2.24) is 4.90 Å². The van der Waals surface area contributed by atoms with Crippen LogP contribution in [-0.2, 0) is 0 Å². The molecule has 1 unspecified atom stereocenters. The third-order valence-corrected chi connectivity index (χ3v) is 4.02. The van der Waals surface area contributed by atoms with Gasteiger partial charge in [-0.3, -0.25) is 0 Å². The Morgan fingerprint density at radius 1 is 1.33 bits per heavy atom. The first-order chi connectivity index (χ1) is 8.61. The molecule has 1 saturated heterocycles. The number of nitrogens with two attached hydrogens (primary N) is 1. The summed E-state index contributed by atoms with van der Waals surface area (Å²) < 4.78 is 0. The zero-order chi connectivity index (χ0) is 13.1. The SMILES string of the molecule is CC[C@@H](N)c1ccc(N2CCC(N(C)C)C2)cc1. The van der Waals surface area contributed by atoms with Crippen LogP contribution in [0.25, 0.3) is 0 Å². The maximum atomic E-state index is 6.04. The fourth-order valence-electron chi connectivity index (χ4n) is 2.57. The summed E-state index contributed by atoms with van der Waals surface area (Å²) in [4.78, 5) is 4.79. The number of hydrogen-bond acceptors (Lipinski definition) is 3.